The third kappa shape index (κ3) is 4.01. The van der Waals surface area contributed by atoms with Gasteiger partial charge >= 0.3 is 11.9 Å². The van der Waals surface area contributed by atoms with E-state index in [1.54, 1.807) is 38.1 Å². The van der Waals surface area contributed by atoms with Crippen LogP contribution in [0.2, 0.25) is 5.02 Å². The van der Waals surface area contributed by atoms with Crippen LogP contribution in [0, 0.1) is 0 Å². The molecule has 0 fully saturated rings. The number of aromatic amines is 1. The van der Waals surface area contributed by atoms with Gasteiger partial charge < -0.3 is 14.8 Å². The summed E-state index contributed by atoms with van der Waals surface area (Å²) in [5.74, 6) is -1.19. The average molecular weight is 338 g/mol. The highest BCUT2D eigenvalue weighted by atomic mass is 35.5. The zero-order chi connectivity index (χ0) is 16.8. The van der Waals surface area contributed by atoms with Gasteiger partial charge in [0, 0.05) is 10.7 Å². The van der Waals surface area contributed by atoms with Gasteiger partial charge in [0.15, 0.2) is 11.5 Å². The molecule has 0 aliphatic heterocycles. The average Bonchev–Trinajstić information content (AvgIpc) is 2.91. The third-order valence-electron chi connectivity index (χ3n) is 2.81. The topological polar surface area (TPSA) is 93.3 Å². The van der Waals surface area contributed by atoms with Crippen LogP contribution in [0.1, 0.15) is 34.7 Å². The molecule has 2 aromatic rings. The number of H-pyrrole nitrogens is 1. The molecule has 1 aromatic carbocycles. The molecule has 0 bridgehead atoms. The van der Waals surface area contributed by atoms with E-state index in [2.05, 4.69) is 15.5 Å². The lowest BCUT2D eigenvalue weighted by Crippen LogP contribution is -2.14. The summed E-state index contributed by atoms with van der Waals surface area (Å²) in [5.41, 5.74) is 0.546. The van der Waals surface area contributed by atoms with E-state index in [-0.39, 0.29) is 30.3 Å². The zero-order valence-electron chi connectivity index (χ0n) is 12.7. The Morgan fingerprint density at radius 1 is 1.22 bits per heavy atom. The van der Waals surface area contributed by atoms with Gasteiger partial charge in [-0.3, -0.25) is 5.10 Å². The van der Waals surface area contributed by atoms with Gasteiger partial charge in [-0.15, -0.1) is 0 Å². The number of halogens is 1. The van der Waals surface area contributed by atoms with Gasteiger partial charge in [-0.1, -0.05) is 17.7 Å². The number of aromatic nitrogens is 2. The van der Waals surface area contributed by atoms with Crippen LogP contribution in [-0.4, -0.2) is 35.3 Å². The molecule has 8 heteroatoms. The molecule has 0 saturated heterocycles. The highest BCUT2D eigenvalue weighted by Gasteiger charge is 2.27. The second-order valence-electron chi connectivity index (χ2n) is 4.40. The number of anilines is 2. The van der Waals surface area contributed by atoms with Crippen molar-refractivity contribution < 1.29 is 19.1 Å². The van der Waals surface area contributed by atoms with Crippen molar-refractivity contribution in [3.63, 3.8) is 0 Å². The van der Waals surface area contributed by atoms with Crippen LogP contribution in [0.4, 0.5) is 11.5 Å². The third-order valence-corrected chi connectivity index (χ3v) is 3.05. The molecule has 2 rings (SSSR count). The molecular formula is C15H16ClN3O4. The number of esters is 2. The van der Waals surface area contributed by atoms with Crippen molar-refractivity contribution in [1.82, 2.24) is 10.2 Å². The van der Waals surface area contributed by atoms with E-state index in [1.807, 2.05) is 0 Å². The molecule has 0 radical (unpaired) electrons. The molecule has 7 nitrogen and oxygen atoms in total. The number of carbonyl (C=O) groups excluding carboxylic acids is 2. The van der Waals surface area contributed by atoms with Crippen molar-refractivity contribution in [2.75, 3.05) is 18.5 Å². The Labute approximate surface area is 137 Å². The molecule has 23 heavy (non-hydrogen) atoms. The largest absolute Gasteiger partial charge is 0.462 e. The molecule has 0 amide bonds. The normalized spacial score (nSPS) is 10.2. The van der Waals surface area contributed by atoms with Gasteiger partial charge in [0.25, 0.3) is 0 Å². The van der Waals surface area contributed by atoms with Crippen LogP contribution in [0.25, 0.3) is 0 Å². The van der Waals surface area contributed by atoms with E-state index in [1.165, 1.54) is 0 Å². The maximum Gasteiger partial charge on any atom is 0.357 e. The first-order valence-corrected chi connectivity index (χ1v) is 7.39. The maximum atomic E-state index is 12.2. The van der Waals surface area contributed by atoms with Crippen molar-refractivity contribution in [1.29, 1.82) is 0 Å². The van der Waals surface area contributed by atoms with E-state index in [9.17, 15) is 9.59 Å². The highest BCUT2D eigenvalue weighted by molar-refractivity contribution is 6.30. The monoisotopic (exact) mass is 337 g/mol. The van der Waals surface area contributed by atoms with Crippen LogP contribution < -0.4 is 5.32 Å². The molecule has 0 spiro atoms. The number of hydrogen-bond acceptors (Lipinski definition) is 6. The number of ether oxygens (including phenoxy) is 2. The molecule has 122 valence electrons. The van der Waals surface area contributed by atoms with E-state index < -0.39 is 11.9 Å². The van der Waals surface area contributed by atoms with Crippen LogP contribution in [-0.2, 0) is 9.47 Å². The smallest absolute Gasteiger partial charge is 0.357 e. The minimum absolute atomic E-state index is 0.00900. The minimum atomic E-state index is -0.679. The number of carbonyl (C=O) groups is 2. The summed E-state index contributed by atoms with van der Waals surface area (Å²) in [4.78, 5) is 24.1. The van der Waals surface area contributed by atoms with E-state index >= 15 is 0 Å². The van der Waals surface area contributed by atoms with E-state index in [0.29, 0.717) is 10.7 Å². The molecule has 0 saturated carbocycles. The Morgan fingerprint density at radius 2 is 1.91 bits per heavy atom. The van der Waals surface area contributed by atoms with Gasteiger partial charge in [0.2, 0.25) is 0 Å². The molecule has 2 N–H and O–H groups in total. The van der Waals surface area contributed by atoms with Gasteiger partial charge in [0.1, 0.15) is 5.56 Å². The Hall–Kier alpha value is -2.54. The van der Waals surface area contributed by atoms with E-state index in [0.717, 1.165) is 0 Å². The van der Waals surface area contributed by atoms with Gasteiger partial charge in [0.05, 0.1) is 13.2 Å². The molecule has 1 heterocycles. The molecular weight excluding hydrogens is 322 g/mol. The van der Waals surface area contributed by atoms with Crippen molar-refractivity contribution in [2.45, 2.75) is 13.8 Å². The van der Waals surface area contributed by atoms with E-state index in [4.69, 9.17) is 21.1 Å². The fraction of sp³-hybridized carbons (Fsp3) is 0.267. The van der Waals surface area contributed by atoms with Crippen molar-refractivity contribution in [3.8, 4) is 0 Å². The Bertz CT molecular complexity index is 714. The predicted octanol–water partition coefficient (Wildman–Crippen LogP) is 3.16. The quantitative estimate of drug-likeness (QED) is 0.786. The lowest BCUT2D eigenvalue weighted by atomic mass is 10.2. The summed E-state index contributed by atoms with van der Waals surface area (Å²) >= 11 is 5.93. The molecule has 0 aliphatic rings. The SMILES string of the molecule is CCOC(=O)c1[nH]nc(Nc2cccc(Cl)c2)c1C(=O)OCC. The summed E-state index contributed by atoms with van der Waals surface area (Å²) in [7, 11) is 0. The van der Waals surface area contributed by atoms with Crippen LogP contribution >= 0.6 is 11.6 Å². The van der Waals surface area contributed by atoms with Crippen molar-refractivity contribution in [3.05, 3.63) is 40.5 Å². The molecule has 0 aliphatic carbocycles. The standard InChI is InChI=1S/C15H16ClN3O4/c1-3-22-14(20)11-12(15(21)23-4-2)18-19-13(11)17-10-7-5-6-9(16)8-10/h5-8H,3-4H2,1-2H3,(H2,17,18,19). The predicted molar refractivity (Wildman–Crippen MR) is 85.2 cm³/mol. The van der Waals surface area contributed by atoms with Gasteiger partial charge in [-0.25, -0.2) is 9.59 Å². The lowest BCUT2D eigenvalue weighted by molar-refractivity contribution is 0.0476. The second-order valence-corrected chi connectivity index (χ2v) is 4.83. The van der Waals surface area contributed by atoms with Gasteiger partial charge in [-0.05, 0) is 32.0 Å². The first kappa shape index (κ1) is 16.8. The van der Waals surface area contributed by atoms with Crippen molar-refractivity contribution >= 4 is 35.0 Å². The van der Waals surface area contributed by atoms with Crippen molar-refractivity contribution in [2.24, 2.45) is 0 Å². The number of benzene rings is 1. The fourth-order valence-corrected chi connectivity index (χ4v) is 2.08. The maximum absolute atomic E-state index is 12.2. The Kier molecular flexibility index (Phi) is 5.59. The number of hydrogen-bond donors (Lipinski definition) is 2. The number of nitrogens with one attached hydrogen (secondary N) is 2. The Morgan fingerprint density at radius 3 is 2.57 bits per heavy atom. The molecule has 1 aromatic heterocycles. The fourth-order valence-electron chi connectivity index (χ4n) is 1.89. The zero-order valence-corrected chi connectivity index (χ0v) is 13.4. The van der Waals surface area contributed by atoms with Gasteiger partial charge in [-0.2, -0.15) is 5.10 Å². The summed E-state index contributed by atoms with van der Waals surface area (Å²) in [6.45, 7) is 3.69. The summed E-state index contributed by atoms with van der Waals surface area (Å²) in [5, 5.41) is 9.94. The summed E-state index contributed by atoms with van der Waals surface area (Å²) < 4.78 is 9.90. The first-order chi connectivity index (χ1) is 11.1. The second kappa shape index (κ2) is 7.64. The number of rotatable bonds is 6. The Balaban J connectivity index is 2.38. The molecule has 0 atom stereocenters. The first-order valence-electron chi connectivity index (χ1n) is 7.02. The minimum Gasteiger partial charge on any atom is -0.462 e. The number of nitrogens with zero attached hydrogens (tertiary/aromatic N) is 1. The molecule has 0 unspecified atom stereocenters. The summed E-state index contributed by atoms with van der Waals surface area (Å²) in [6.07, 6.45) is 0. The lowest BCUT2D eigenvalue weighted by Gasteiger charge is -2.07. The summed E-state index contributed by atoms with van der Waals surface area (Å²) in [6, 6.07) is 6.87. The van der Waals surface area contributed by atoms with Crippen LogP contribution in [0.15, 0.2) is 24.3 Å². The highest BCUT2D eigenvalue weighted by Crippen LogP contribution is 2.24. The van der Waals surface area contributed by atoms with Crippen LogP contribution in [0.3, 0.4) is 0 Å². The van der Waals surface area contributed by atoms with Crippen LogP contribution in [0.5, 0.6) is 0 Å².